The minimum Gasteiger partial charge on any atom is -0.508 e. The maximum atomic E-state index is 12.3. The number of nitrogens with zero attached hydrogens (tertiary/aromatic N) is 1. The van der Waals surface area contributed by atoms with Gasteiger partial charge in [0.15, 0.2) is 0 Å². The van der Waals surface area contributed by atoms with E-state index < -0.39 is 5.91 Å². The maximum Gasteiger partial charge on any atom is 0.275 e. The lowest BCUT2D eigenvalue weighted by atomic mass is 10.1. The number of hydrogen-bond acceptors (Lipinski definition) is 6. The average molecular weight is 330 g/mol. The molecule has 0 radical (unpaired) electrons. The zero-order valence-corrected chi connectivity index (χ0v) is 13.5. The maximum absolute atomic E-state index is 12.3. The summed E-state index contributed by atoms with van der Waals surface area (Å²) in [5, 5.41) is 23.1. The molecule has 0 aromatic heterocycles. The Hall–Kier alpha value is -3.22. The summed E-state index contributed by atoms with van der Waals surface area (Å²) in [4.78, 5) is 12.3. The van der Waals surface area contributed by atoms with E-state index in [0.717, 1.165) is 0 Å². The van der Waals surface area contributed by atoms with Crippen molar-refractivity contribution in [1.82, 2.24) is 5.43 Å². The van der Waals surface area contributed by atoms with Crippen LogP contribution in [0.4, 0.5) is 0 Å². The Labute approximate surface area is 139 Å². The Morgan fingerprint density at radius 3 is 2.38 bits per heavy atom. The van der Waals surface area contributed by atoms with Crippen molar-refractivity contribution < 1.29 is 24.5 Å². The molecule has 2 aromatic rings. The van der Waals surface area contributed by atoms with E-state index in [2.05, 4.69) is 10.5 Å². The third-order valence-corrected chi connectivity index (χ3v) is 3.35. The smallest absolute Gasteiger partial charge is 0.275 e. The van der Waals surface area contributed by atoms with Crippen LogP contribution < -0.4 is 14.9 Å². The van der Waals surface area contributed by atoms with Crippen molar-refractivity contribution in [2.45, 2.75) is 6.92 Å². The Morgan fingerprint density at radius 1 is 1.04 bits per heavy atom. The highest BCUT2D eigenvalue weighted by Gasteiger charge is 2.13. The van der Waals surface area contributed by atoms with Crippen LogP contribution in [0.2, 0.25) is 0 Å². The lowest BCUT2D eigenvalue weighted by molar-refractivity contribution is 0.0951. The number of phenolic OH excluding ortho intramolecular Hbond substituents is 2. The summed E-state index contributed by atoms with van der Waals surface area (Å²) in [7, 11) is 2.97. The fourth-order valence-corrected chi connectivity index (χ4v) is 2.07. The quantitative estimate of drug-likeness (QED) is 0.577. The number of nitrogens with one attached hydrogen (secondary N) is 1. The number of aromatic hydroxyl groups is 2. The van der Waals surface area contributed by atoms with E-state index in [0.29, 0.717) is 28.3 Å². The molecule has 0 saturated heterocycles. The molecule has 0 unspecified atom stereocenters. The number of rotatable bonds is 5. The van der Waals surface area contributed by atoms with Gasteiger partial charge in [0.1, 0.15) is 23.0 Å². The summed E-state index contributed by atoms with van der Waals surface area (Å²) in [5.41, 5.74) is 3.48. The van der Waals surface area contributed by atoms with Crippen molar-refractivity contribution in [3.05, 3.63) is 47.5 Å². The van der Waals surface area contributed by atoms with E-state index in [1.807, 2.05) is 0 Å². The molecule has 0 saturated carbocycles. The van der Waals surface area contributed by atoms with Crippen molar-refractivity contribution >= 4 is 11.6 Å². The molecule has 2 rings (SSSR count). The molecule has 2 aromatic carbocycles. The monoisotopic (exact) mass is 330 g/mol. The third kappa shape index (κ3) is 3.75. The first-order valence-electron chi connectivity index (χ1n) is 7.05. The Balaban J connectivity index is 2.20. The zero-order chi connectivity index (χ0) is 17.7. The molecule has 3 N–H and O–H groups in total. The molecular weight excluding hydrogens is 312 g/mol. The van der Waals surface area contributed by atoms with E-state index in [1.165, 1.54) is 32.4 Å². The number of carbonyl (C=O) groups excluding carboxylic acids is 1. The lowest BCUT2D eigenvalue weighted by Gasteiger charge is -2.10. The molecule has 0 fully saturated rings. The highest BCUT2D eigenvalue weighted by molar-refractivity contribution is 6.03. The van der Waals surface area contributed by atoms with Gasteiger partial charge in [-0.3, -0.25) is 4.79 Å². The predicted molar refractivity (Wildman–Crippen MR) is 89.0 cm³/mol. The van der Waals surface area contributed by atoms with Crippen LogP contribution in [-0.2, 0) is 0 Å². The number of methoxy groups -OCH3 is 2. The number of phenols is 2. The van der Waals surface area contributed by atoms with Gasteiger partial charge in [-0.15, -0.1) is 0 Å². The number of benzene rings is 2. The Bertz CT molecular complexity index is 787. The summed E-state index contributed by atoms with van der Waals surface area (Å²) >= 11 is 0. The van der Waals surface area contributed by atoms with Crippen molar-refractivity contribution in [1.29, 1.82) is 0 Å². The second kappa shape index (κ2) is 7.36. The van der Waals surface area contributed by atoms with Crippen molar-refractivity contribution in [3.63, 3.8) is 0 Å². The minimum absolute atomic E-state index is 0.0592. The summed E-state index contributed by atoms with van der Waals surface area (Å²) in [5.74, 6) is 0.264. The van der Waals surface area contributed by atoms with Crippen LogP contribution >= 0.6 is 0 Å². The standard InChI is InChI=1S/C17H18N2O5/c1-10(13-6-4-11(20)8-15(13)21)18-19-17(22)14-7-5-12(23-2)9-16(14)24-3/h4-9,20-21H,1-3H3,(H,19,22)/b18-10+. The number of hydrogen-bond donors (Lipinski definition) is 3. The molecule has 0 atom stereocenters. The molecule has 0 spiro atoms. The summed E-state index contributed by atoms with van der Waals surface area (Å²) in [6.45, 7) is 1.62. The fraction of sp³-hybridized carbons (Fsp3) is 0.176. The Morgan fingerprint density at radius 2 is 1.75 bits per heavy atom. The van der Waals surface area contributed by atoms with Crippen LogP contribution in [0.25, 0.3) is 0 Å². The zero-order valence-electron chi connectivity index (χ0n) is 13.5. The summed E-state index contributed by atoms with van der Waals surface area (Å²) in [6, 6.07) is 8.92. The van der Waals surface area contributed by atoms with Gasteiger partial charge in [0.2, 0.25) is 0 Å². The highest BCUT2D eigenvalue weighted by atomic mass is 16.5. The summed E-state index contributed by atoms with van der Waals surface area (Å²) < 4.78 is 10.3. The van der Waals surface area contributed by atoms with Gasteiger partial charge in [-0.25, -0.2) is 5.43 Å². The first-order chi connectivity index (χ1) is 11.5. The molecule has 0 aliphatic carbocycles. The molecular formula is C17H18N2O5. The molecule has 126 valence electrons. The van der Waals surface area contributed by atoms with Gasteiger partial charge in [0, 0.05) is 17.7 Å². The SMILES string of the molecule is COc1ccc(C(=O)N/N=C(\C)c2ccc(O)cc2O)c(OC)c1. The number of amides is 1. The van der Waals surface area contributed by atoms with E-state index in [9.17, 15) is 15.0 Å². The first-order valence-corrected chi connectivity index (χ1v) is 7.05. The molecule has 1 amide bonds. The summed E-state index contributed by atoms with van der Waals surface area (Å²) in [6.07, 6.45) is 0. The van der Waals surface area contributed by atoms with Crippen molar-refractivity contribution in [2.75, 3.05) is 14.2 Å². The normalized spacial score (nSPS) is 11.0. The molecule has 24 heavy (non-hydrogen) atoms. The second-order valence-electron chi connectivity index (χ2n) is 4.91. The van der Waals surface area contributed by atoms with Gasteiger partial charge in [0.05, 0.1) is 25.5 Å². The number of hydrazone groups is 1. The van der Waals surface area contributed by atoms with Crippen LogP contribution in [0.5, 0.6) is 23.0 Å². The third-order valence-electron chi connectivity index (χ3n) is 3.35. The van der Waals surface area contributed by atoms with Gasteiger partial charge >= 0.3 is 0 Å². The largest absolute Gasteiger partial charge is 0.508 e. The van der Waals surface area contributed by atoms with Crippen LogP contribution in [0.1, 0.15) is 22.8 Å². The van der Waals surface area contributed by atoms with E-state index in [4.69, 9.17) is 9.47 Å². The van der Waals surface area contributed by atoms with Crippen LogP contribution in [0.15, 0.2) is 41.5 Å². The lowest BCUT2D eigenvalue weighted by Crippen LogP contribution is -2.20. The predicted octanol–water partition coefficient (Wildman–Crippen LogP) is 2.27. The van der Waals surface area contributed by atoms with E-state index in [-0.39, 0.29) is 11.5 Å². The van der Waals surface area contributed by atoms with E-state index in [1.54, 1.807) is 25.1 Å². The van der Waals surface area contributed by atoms with Gasteiger partial charge in [0.25, 0.3) is 5.91 Å². The topological polar surface area (TPSA) is 100 Å². The van der Waals surface area contributed by atoms with Gasteiger partial charge < -0.3 is 19.7 Å². The van der Waals surface area contributed by atoms with Crippen molar-refractivity contribution in [2.24, 2.45) is 5.10 Å². The van der Waals surface area contributed by atoms with Gasteiger partial charge in [-0.2, -0.15) is 5.10 Å². The molecule has 0 aliphatic rings. The molecule has 0 aliphatic heterocycles. The van der Waals surface area contributed by atoms with Crippen LogP contribution in [0, 0.1) is 0 Å². The fourth-order valence-electron chi connectivity index (χ4n) is 2.07. The van der Waals surface area contributed by atoms with Crippen LogP contribution in [0.3, 0.4) is 0 Å². The average Bonchev–Trinajstić information content (AvgIpc) is 2.58. The van der Waals surface area contributed by atoms with Gasteiger partial charge in [-0.1, -0.05) is 0 Å². The molecule has 7 nitrogen and oxygen atoms in total. The highest BCUT2D eigenvalue weighted by Crippen LogP contribution is 2.25. The second-order valence-corrected chi connectivity index (χ2v) is 4.91. The number of carbonyl (C=O) groups is 1. The van der Waals surface area contributed by atoms with Crippen molar-refractivity contribution in [3.8, 4) is 23.0 Å². The Kier molecular flexibility index (Phi) is 5.26. The van der Waals surface area contributed by atoms with E-state index >= 15 is 0 Å². The van der Waals surface area contributed by atoms with Crippen LogP contribution in [-0.4, -0.2) is 36.1 Å². The number of ether oxygens (including phenoxy) is 2. The molecule has 7 heteroatoms. The first kappa shape index (κ1) is 17.1. The molecule has 0 heterocycles. The van der Waals surface area contributed by atoms with Gasteiger partial charge in [-0.05, 0) is 31.2 Å². The minimum atomic E-state index is -0.466. The molecule has 0 bridgehead atoms.